The number of aryl methyl sites for hydroxylation is 1. The van der Waals surface area contributed by atoms with Crippen LogP contribution in [0.3, 0.4) is 0 Å². The number of rotatable bonds is 8. The average Bonchev–Trinajstić information content (AvgIpc) is 3.12. The van der Waals surface area contributed by atoms with Gasteiger partial charge >= 0.3 is 0 Å². The molecule has 47 heavy (non-hydrogen) atoms. The van der Waals surface area contributed by atoms with E-state index in [1.807, 2.05) is 36.4 Å². The van der Waals surface area contributed by atoms with E-state index in [-0.39, 0.29) is 0 Å². The number of anilines is 8. The number of nitrogens with two attached hydrogens (primary N) is 2. The minimum absolute atomic E-state index is 0.653. The monoisotopic (exact) mass is 608 g/mol. The van der Waals surface area contributed by atoms with E-state index >= 15 is 0 Å². The number of nitrogen functional groups attached to an aromatic ring is 2. The molecule has 4 nitrogen and oxygen atoms in total. The largest absolute Gasteiger partial charge is 0.399 e. The zero-order chi connectivity index (χ0) is 32.2. The highest BCUT2D eigenvalue weighted by Gasteiger charge is 2.30. The number of hydrogen-bond acceptors (Lipinski definition) is 4. The summed E-state index contributed by atoms with van der Waals surface area (Å²) in [7, 11) is 0. The van der Waals surface area contributed by atoms with Gasteiger partial charge in [0, 0.05) is 34.0 Å². The zero-order valence-corrected chi connectivity index (χ0v) is 26.3. The van der Waals surface area contributed by atoms with Gasteiger partial charge in [-0.3, -0.25) is 0 Å². The average molecular weight is 609 g/mol. The molecule has 7 rings (SSSR count). The highest BCUT2D eigenvalue weighted by atomic mass is 15.2. The lowest BCUT2D eigenvalue weighted by Crippen LogP contribution is -2.20. The van der Waals surface area contributed by atoms with Crippen LogP contribution >= 0.6 is 0 Å². The fourth-order valence-corrected chi connectivity index (χ4v) is 6.24. The third kappa shape index (κ3) is 5.92. The van der Waals surface area contributed by atoms with Crippen molar-refractivity contribution in [1.82, 2.24) is 0 Å². The standard InChI is InChI=1S/C43H36N4/c1-31-15-14-16-33(29-31)39-30-40(45)42(46(35-17-6-2-7-18-35)36-19-8-3-9-20-36)43(41(39)32-25-27-34(44)28-26-32)47(37-21-10-4-11-22-37)38-23-12-5-13-24-38/h2-30H,44-45H2,1H3. The molecule has 0 radical (unpaired) electrons. The lowest BCUT2D eigenvalue weighted by molar-refractivity contribution is 1.23. The smallest absolute Gasteiger partial charge is 0.0942 e. The molecule has 0 aliphatic rings. The highest BCUT2D eigenvalue weighted by molar-refractivity contribution is 6.09. The fraction of sp³-hybridized carbons (Fsp3) is 0.0233. The molecule has 0 aliphatic heterocycles. The maximum absolute atomic E-state index is 7.35. The molecule has 0 heterocycles. The van der Waals surface area contributed by atoms with Crippen LogP contribution in [0.25, 0.3) is 22.3 Å². The van der Waals surface area contributed by atoms with Crippen LogP contribution < -0.4 is 21.3 Å². The molecule has 228 valence electrons. The molecular weight excluding hydrogens is 573 g/mol. The third-order valence-electron chi connectivity index (χ3n) is 8.34. The first-order valence-corrected chi connectivity index (χ1v) is 15.8. The Balaban J connectivity index is 1.69. The van der Waals surface area contributed by atoms with Gasteiger partial charge in [-0.15, -0.1) is 0 Å². The van der Waals surface area contributed by atoms with Gasteiger partial charge in [-0.1, -0.05) is 115 Å². The maximum atomic E-state index is 7.35. The number of nitrogens with zero attached hydrogens (tertiary/aromatic N) is 2. The summed E-state index contributed by atoms with van der Waals surface area (Å²) < 4.78 is 0. The zero-order valence-electron chi connectivity index (χ0n) is 26.3. The number of para-hydroxylation sites is 4. The van der Waals surface area contributed by atoms with Gasteiger partial charge in [0.2, 0.25) is 0 Å². The lowest BCUT2D eigenvalue weighted by Gasteiger charge is -2.36. The van der Waals surface area contributed by atoms with Gasteiger partial charge in [0.1, 0.15) is 0 Å². The molecule has 0 aromatic heterocycles. The van der Waals surface area contributed by atoms with Gasteiger partial charge in [0.15, 0.2) is 0 Å². The highest BCUT2D eigenvalue weighted by Crippen LogP contribution is 2.55. The quantitative estimate of drug-likeness (QED) is 0.169. The van der Waals surface area contributed by atoms with E-state index in [0.717, 1.165) is 56.4 Å². The second-order valence-electron chi connectivity index (χ2n) is 11.6. The Labute approximate surface area is 276 Å². The van der Waals surface area contributed by atoms with Crippen LogP contribution in [-0.2, 0) is 0 Å². The maximum Gasteiger partial charge on any atom is 0.0942 e. The Morgan fingerprint density at radius 3 is 1.30 bits per heavy atom. The molecule has 0 saturated carbocycles. The van der Waals surface area contributed by atoms with Crippen molar-refractivity contribution in [1.29, 1.82) is 0 Å². The number of benzene rings is 7. The van der Waals surface area contributed by atoms with Gasteiger partial charge in [-0.2, -0.15) is 0 Å². The predicted molar refractivity (Wildman–Crippen MR) is 200 cm³/mol. The van der Waals surface area contributed by atoms with Crippen molar-refractivity contribution in [2.45, 2.75) is 6.92 Å². The second kappa shape index (κ2) is 13.0. The topological polar surface area (TPSA) is 58.5 Å². The van der Waals surface area contributed by atoms with E-state index in [1.165, 1.54) is 5.56 Å². The van der Waals surface area contributed by atoms with Crippen LogP contribution in [0.4, 0.5) is 45.5 Å². The minimum atomic E-state index is 0.653. The summed E-state index contributed by atoms with van der Waals surface area (Å²) in [5.74, 6) is 0. The van der Waals surface area contributed by atoms with Crippen LogP contribution in [0.2, 0.25) is 0 Å². The second-order valence-corrected chi connectivity index (χ2v) is 11.6. The van der Waals surface area contributed by atoms with Crippen LogP contribution in [0.1, 0.15) is 5.56 Å². The molecule has 4 N–H and O–H groups in total. The van der Waals surface area contributed by atoms with Crippen molar-refractivity contribution in [2.75, 3.05) is 21.3 Å². The Hall–Kier alpha value is -6.26. The molecule has 0 saturated heterocycles. The van der Waals surface area contributed by atoms with E-state index in [0.29, 0.717) is 11.4 Å². The van der Waals surface area contributed by atoms with Gasteiger partial charge in [0.05, 0.1) is 17.1 Å². The molecule has 0 bridgehead atoms. The Bertz CT molecular complexity index is 2020. The first-order valence-electron chi connectivity index (χ1n) is 15.8. The van der Waals surface area contributed by atoms with Crippen molar-refractivity contribution in [3.63, 3.8) is 0 Å². The summed E-state index contributed by atoms with van der Waals surface area (Å²) in [4.78, 5) is 4.60. The molecular formula is C43H36N4. The minimum Gasteiger partial charge on any atom is -0.399 e. The van der Waals surface area contributed by atoms with Crippen LogP contribution in [0.5, 0.6) is 0 Å². The summed E-state index contributed by atoms with van der Waals surface area (Å²) in [6.07, 6.45) is 0. The van der Waals surface area contributed by atoms with Crippen molar-refractivity contribution in [3.05, 3.63) is 181 Å². The summed E-state index contributed by atoms with van der Waals surface area (Å²) in [5.41, 5.74) is 26.2. The van der Waals surface area contributed by atoms with Crippen LogP contribution in [0, 0.1) is 6.92 Å². The lowest BCUT2D eigenvalue weighted by atomic mass is 9.89. The van der Waals surface area contributed by atoms with Crippen molar-refractivity contribution in [3.8, 4) is 22.3 Å². The van der Waals surface area contributed by atoms with Crippen LogP contribution in [0.15, 0.2) is 176 Å². The predicted octanol–water partition coefficient (Wildman–Crippen LogP) is 11.4. The first kappa shape index (κ1) is 29.5. The van der Waals surface area contributed by atoms with Gasteiger partial charge in [-0.25, -0.2) is 0 Å². The summed E-state index contributed by atoms with van der Waals surface area (Å²) in [6, 6.07) is 60.7. The van der Waals surface area contributed by atoms with Gasteiger partial charge in [0.25, 0.3) is 0 Å². The Morgan fingerprint density at radius 1 is 0.404 bits per heavy atom. The summed E-state index contributed by atoms with van der Waals surface area (Å²) in [6.45, 7) is 2.12. The number of hydrogen-bond donors (Lipinski definition) is 2. The van der Waals surface area contributed by atoms with Gasteiger partial charge < -0.3 is 21.3 Å². The Morgan fingerprint density at radius 2 is 0.851 bits per heavy atom. The first-order chi connectivity index (χ1) is 23.1. The molecule has 0 atom stereocenters. The van der Waals surface area contributed by atoms with E-state index < -0.39 is 0 Å². The van der Waals surface area contributed by atoms with E-state index in [2.05, 4.69) is 156 Å². The molecule has 0 unspecified atom stereocenters. The van der Waals surface area contributed by atoms with Crippen molar-refractivity contribution in [2.24, 2.45) is 0 Å². The molecule has 0 spiro atoms. The third-order valence-corrected chi connectivity index (χ3v) is 8.34. The van der Waals surface area contributed by atoms with E-state index in [4.69, 9.17) is 11.5 Å². The van der Waals surface area contributed by atoms with Gasteiger partial charge in [-0.05, 0) is 90.3 Å². The molecule has 7 aromatic rings. The van der Waals surface area contributed by atoms with Crippen LogP contribution in [-0.4, -0.2) is 0 Å². The molecule has 0 amide bonds. The normalized spacial score (nSPS) is 10.8. The SMILES string of the molecule is Cc1cccc(-c2cc(N)c(N(c3ccccc3)c3ccccc3)c(N(c3ccccc3)c3ccccc3)c2-c2ccc(N)cc2)c1. The summed E-state index contributed by atoms with van der Waals surface area (Å²) >= 11 is 0. The van der Waals surface area contributed by atoms with Crippen molar-refractivity contribution >= 4 is 45.5 Å². The van der Waals surface area contributed by atoms with Crippen molar-refractivity contribution < 1.29 is 0 Å². The molecule has 7 aromatic carbocycles. The molecule has 0 aliphatic carbocycles. The summed E-state index contributed by atoms with van der Waals surface area (Å²) in [5, 5.41) is 0. The molecule has 0 fully saturated rings. The van der Waals surface area contributed by atoms with E-state index in [9.17, 15) is 0 Å². The molecule has 4 heteroatoms. The Kier molecular flexibility index (Phi) is 8.14. The van der Waals surface area contributed by atoms with E-state index in [1.54, 1.807) is 0 Å². The fourth-order valence-electron chi connectivity index (χ4n) is 6.24.